The maximum Gasteiger partial charge on any atom is 0.416 e. The zero-order valence-electron chi connectivity index (χ0n) is 17.3. The molecule has 33 heavy (non-hydrogen) atoms. The maximum absolute atomic E-state index is 13.5. The van der Waals surface area contributed by atoms with E-state index in [4.69, 9.17) is 5.41 Å². The quantitative estimate of drug-likeness (QED) is 0.511. The number of rotatable bonds is 4. The third kappa shape index (κ3) is 4.53. The molecule has 1 aliphatic heterocycles. The average molecular weight is 467 g/mol. The molecule has 1 saturated heterocycles. The van der Waals surface area contributed by atoms with Crippen molar-refractivity contribution in [2.24, 2.45) is 0 Å². The number of hydrogen-bond acceptors (Lipinski definition) is 3. The number of fused-ring (bicyclic) bond motifs is 1. The van der Waals surface area contributed by atoms with Crippen LogP contribution in [0.4, 0.5) is 26.3 Å². The van der Waals surface area contributed by atoms with Crippen LogP contribution in [0.5, 0.6) is 0 Å². The molecule has 2 aromatic carbocycles. The Hall–Kier alpha value is -3.50. The molecule has 0 saturated carbocycles. The molecule has 1 aliphatic rings. The first-order valence-corrected chi connectivity index (χ1v) is 9.99. The van der Waals surface area contributed by atoms with E-state index in [2.05, 4.69) is 10.4 Å². The van der Waals surface area contributed by atoms with Crippen LogP contribution in [-0.4, -0.2) is 33.7 Å². The van der Waals surface area contributed by atoms with Crippen molar-refractivity contribution in [1.29, 1.82) is 5.41 Å². The highest BCUT2D eigenvalue weighted by molar-refractivity contribution is 6.01. The number of alkyl halides is 6. The van der Waals surface area contributed by atoms with Crippen LogP contribution < -0.4 is 5.32 Å². The van der Waals surface area contributed by atoms with Crippen LogP contribution in [0, 0.1) is 5.41 Å². The van der Waals surface area contributed by atoms with E-state index in [0.29, 0.717) is 41.7 Å². The lowest BCUT2D eigenvalue weighted by Gasteiger charge is -2.16. The van der Waals surface area contributed by atoms with Crippen molar-refractivity contribution in [3.63, 3.8) is 0 Å². The van der Waals surface area contributed by atoms with Crippen molar-refractivity contribution in [3.8, 4) is 0 Å². The summed E-state index contributed by atoms with van der Waals surface area (Å²) in [5, 5.41) is 16.1. The van der Waals surface area contributed by atoms with Crippen molar-refractivity contribution in [3.05, 3.63) is 70.5 Å². The highest BCUT2D eigenvalue weighted by atomic mass is 19.4. The van der Waals surface area contributed by atoms with E-state index in [1.54, 1.807) is 24.3 Å². The van der Waals surface area contributed by atoms with Crippen molar-refractivity contribution < 1.29 is 26.3 Å². The molecule has 3 aromatic rings. The van der Waals surface area contributed by atoms with E-state index >= 15 is 0 Å². The lowest BCUT2D eigenvalue weighted by atomic mass is 10.0. The average Bonchev–Trinajstić information content (AvgIpc) is 3.29. The maximum atomic E-state index is 13.5. The fraction of sp³-hybridized carbons (Fsp3) is 0.273. The van der Waals surface area contributed by atoms with Gasteiger partial charge in [0.05, 0.1) is 41.8 Å². The molecule has 0 unspecified atom stereocenters. The number of hydrogen-bond donors (Lipinski definition) is 2. The van der Waals surface area contributed by atoms with Crippen molar-refractivity contribution >= 4 is 22.8 Å². The van der Waals surface area contributed by atoms with Crippen LogP contribution in [0.1, 0.15) is 29.2 Å². The van der Waals surface area contributed by atoms with E-state index in [-0.39, 0.29) is 18.2 Å². The van der Waals surface area contributed by atoms with E-state index < -0.39 is 23.5 Å². The van der Waals surface area contributed by atoms with Gasteiger partial charge in [-0.05, 0) is 48.4 Å². The van der Waals surface area contributed by atoms with Crippen LogP contribution in [0.25, 0.3) is 17.0 Å². The summed E-state index contributed by atoms with van der Waals surface area (Å²) in [6.45, 7) is 2.84. The molecular formula is C22H19F6N5. The van der Waals surface area contributed by atoms with Gasteiger partial charge in [0, 0.05) is 11.9 Å². The number of likely N-dealkylation sites (N-methyl/N-ethyl adjacent to an activating group) is 1. The zero-order chi connectivity index (χ0) is 24.0. The van der Waals surface area contributed by atoms with Gasteiger partial charge in [-0.1, -0.05) is 12.1 Å². The molecule has 0 atom stereocenters. The number of halogens is 6. The first-order chi connectivity index (χ1) is 15.5. The standard InChI is InChI=1S/C22H19F6N5/c1-2-32-12-30-18(20(32)29)8-13-3-6-19-15(7-13)10-31-33(19)11-14-4-5-16(21(23,24)25)9-17(14)22(26,27)28/h3-10,29-30H,2,11-12H2,1H3/b18-8-,29-20?. The van der Waals surface area contributed by atoms with Crippen LogP contribution in [-0.2, 0) is 18.9 Å². The summed E-state index contributed by atoms with van der Waals surface area (Å²) in [5.74, 6) is 0.371. The number of aromatic nitrogens is 2. The van der Waals surface area contributed by atoms with Gasteiger partial charge < -0.3 is 10.2 Å². The van der Waals surface area contributed by atoms with Crippen LogP contribution in [0.3, 0.4) is 0 Å². The topological polar surface area (TPSA) is 56.9 Å². The second-order valence-corrected chi connectivity index (χ2v) is 7.59. The summed E-state index contributed by atoms with van der Waals surface area (Å²) in [6.07, 6.45) is -6.53. The second-order valence-electron chi connectivity index (χ2n) is 7.59. The Bertz CT molecular complexity index is 1240. The molecule has 0 radical (unpaired) electrons. The molecule has 5 nitrogen and oxygen atoms in total. The van der Waals surface area contributed by atoms with Gasteiger partial charge in [-0.2, -0.15) is 31.4 Å². The predicted octanol–water partition coefficient (Wildman–Crippen LogP) is 5.32. The largest absolute Gasteiger partial charge is 0.416 e. The van der Waals surface area contributed by atoms with Crippen molar-refractivity contribution in [1.82, 2.24) is 20.0 Å². The molecule has 1 aromatic heterocycles. The Kier molecular flexibility index (Phi) is 5.59. The molecule has 0 bridgehead atoms. The minimum Gasteiger partial charge on any atom is -0.365 e. The van der Waals surface area contributed by atoms with E-state index in [9.17, 15) is 26.3 Å². The van der Waals surface area contributed by atoms with Gasteiger partial charge in [0.2, 0.25) is 0 Å². The molecule has 174 valence electrons. The zero-order valence-corrected chi connectivity index (χ0v) is 17.3. The lowest BCUT2D eigenvalue weighted by molar-refractivity contribution is -0.143. The Morgan fingerprint density at radius 2 is 1.82 bits per heavy atom. The molecule has 0 spiro atoms. The second kappa shape index (κ2) is 8.13. The normalized spacial score (nSPS) is 16.2. The Balaban J connectivity index is 1.65. The van der Waals surface area contributed by atoms with Crippen LogP contribution in [0.2, 0.25) is 0 Å². The number of nitrogens with zero attached hydrogens (tertiary/aromatic N) is 3. The van der Waals surface area contributed by atoms with E-state index in [0.717, 1.165) is 11.6 Å². The number of benzene rings is 2. The summed E-state index contributed by atoms with van der Waals surface area (Å²) in [5.41, 5.74) is -1.03. The number of nitrogens with one attached hydrogen (secondary N) is 2. The van der Waals surface area contributed by atoms with Gasteiger partial charge in [-0.15, -0.1) is 0 Å². The van der Waals surface area contributed by atoms with Gasteiger partial charge >= 0.3 is 12.4 Å². The molecular weight excluding hydrogens is 448 g/mol. The summed E-state index contributed by atoms with van der Waals surface area (Å²) in [7, 11) is 0. The van der Waals surface area contributed by atoms with Gasteiger partial charge in [-0.25, -0.2) is 0 Å². The monoisotopic (exact) mass is 467 g/mol. The van der Waals surface area contributed by atoms with E-state index in [1.165, 1.54) is 10.9 Å². The number of amidine groups is 1. The highest BCUT2D eigenvalue weighted by Gasteiger charge is 2.38. The van der Waals surface area contributed by atoms with Crippen LogP contribution >= 0.6 is 0 Å². The molecule has 4 rings (SSSR count). The van der Waals surface area contributed by atoms with Crippen molar-refractivity contribution in [2.45, 2.75) is 25.8 Å². The first-order valence-electron chi connectivity index (χ1n) is 9.99. The fourth-order valence-electron chi connectivity index (χ4n) is 3.71. The van der Waals surface area contributed by atoms with Crippen molar-refractivity contribution in [2.75, 3.05) is 13.2 Å². The summed E-state index contributed by atoms with van der Waals surface area (Å²) < 4.78 is 80.4. The Labute approximate surface area is 184 Å². The summed E-state index contributed by atoms with van der Waals surface area (Å²) in [4.78, 5) is 1.85. The van der Waals surface area contributed by atoms with Gasteiger partial charge in [0.25, 0.3) is 0 Å². The summed E-state index contributed by atoms with van der Waals surface area (Å²) in [6, 6.07) is 6.83. The van der Waals surface area contributed by atoms with Gasteiger partial charge in [0.1, 0.15) is 5.84 Å². The molecule has 1 fully saturated rings. The molecule has 11 heteroatoms. The molecule has 0 amide bonds. The fourth-order valence-corrected chi connectivity index (χ4v) is 3.71. The van der Waals surface area contributed by atoms with Crippen LogP contribution in [0.15, 0.2) is 48.3 Å². The first kappa shape index (κ1) is 22.7. The molecule has 0 aliphatic carbocycles. The van der Waals surface area contributed by atoms with E-state index in [1.807, 2.05) is 11.8 Å². The molecule has 2 N–H and O–H groups in total. The third-order valence-corrected chi connectivity index (χ3v) is 5.45. The minimum atomic E-state index is -4.94. The Morgan fingerprint density at radius 1 is 1.06 bits per heavy atom. The summed E-state index contributed by atoms with van der Waals surface area (Å²) >= 11 is 0. The van der Waals surface area contributed by atoms with Gasteiger partial charge in [-0.3, -0.25) is 10.1 Å². The SMILES string of the molecule is CCN1CN/C(=C\c2ccc3c(cnn3Cc3ccc(C(F)(F)F)cc3C(F)(F)F)c2)C1=N. The van der Waals surface area contributed by atoms with Gasteiger partial charge in [0.15, 0.2) is 0 Å². The highest BCUT2D eigenvalue weighted by Crippen LogP contribution is 2.37. The minimum absolute atomic E-state index is 0.133. The molecule has 2 heterocycles. The predicted molar refractivity (Wildman–Crippen MR) is 111 cm³/mol. The Morgan fingerprint density at radius 3 is 2.45 bits per heavy atom. The third-order valence-electron chi connectivity index (χ3n) is 5.45. The smallest absolute Gasteiger partial charge is 0.365 e. The lowest BCUT2D eigenvalue weighted by Crippen LogP contribution is -2.24.